The van der Waals surface area contributed by atoms with Gasteiger partial charge in [0, 0.05) is 19.6 Å². The van der Waals surface area contributed by atoms with E-state index in [0.717, 1.165) is 28.0 Å². The van der Waals surface area contributed by atoms with Gasteiger partial charge in [-0.1, -0.05) is 48.2 Å². The zero-order chi connectivity index (χ0) is 19.2. The Kier molecular flexibility index (Phi) is 6.68. The van der Waals surface area contributed by atoms with Crippen molar-refractivity contribution in [3.63, 3.8) is 0 Å². The fourth-order valence-electron chi connectivity index (χ4n) is 2.94. The first-order chi connectivity index (χ1) is 13.2. The largest absolute Gasteiger partial charge is 0.342 e. The highest BCUT2D eigenvalue weighted by Crippen LogP contribution is 2.37. The molecular formula is C20H24N4OS2. The first kappa shape index (κ1) is 19.6. The molecule has 142 valence electrons. The van der Waals surface area contributed by atoms with E-state index in [1.807, 2.05) is 66.6 Å². The summed E-state index contributed by atoms with van der Waals surface area (Å²) in [6.45, 7) is 8.24. The number of thioether (sulfide) groups is 1. The van der Waals surface area contributed by atoms with E-state index in [1.165, 1.54) is 11.8 Å². The average Bonchev–Trinajstić information content (AvgIpc) is 3.36. The van der Waals surface area contributed by atoms with Crippen LogP contribution >= 0.6 is 23.1 Å². The molecule has 27 heavy (non-hydrogen) atoms. The van der Waals surface area contributed by atoms with Crippen molar-refractivity contribution < 1.29 is 4.79 Å². The fraction of sp³-hybridized carbons (Fsp3) is 0.350. The van der Waals surface area contributed by atoms with Crippen molar-refractivity contribution in [1.82, 2.24) is 19.7 Å². The number of rotatable bonds is 8. The number of thiophene rings is 1. The minimum absolute atomic E-state index is 0.111. The number of hydrogen-bond acceptors (Lipinski definition) is 5. The Bertz CT molecular complexity index is 858. The van der Waals surface area contributed by atoms with Crippen molar-refractivity contribution in [3.05, 3.63) is 53.4 Å². The molecule has 1 atom stereocenters. The molecule has 0 fully saturated rings. The average molecular weight is 401 g/mol. The van der Waals surface area contributed by atoms with Crippen molar-refractivity contribution >= 4 is 29.0 Å². The molecule has 0 aliphatic rings. The van der Waals surface area contributed by atoms with E-state index in [0.29, 0.717) is 13.1 Å². The standard InChI is InChI=1S/C20H24N4OS2/c1-4-23(5-2)19(25)17(15-11-8-7-9-12-15)27-20-22-21-18(24(20)6-3)16-13-10-14-26-16/h7-14,17H,4-6H2,1-3H3. The third kappa shape index (κ3) is 4.25. The van der Waals surface area contributed by atoms with Gasteiger partial charge in [0.1, 0.15) is 5.25 Å². The second kappa shape index (κ2) is 9.19. The molecule has 2 aromatic heterocycles. The van der Waals surface area contributed by atoms with Gasteiger partial charge in [-0.2, -0.15) is 0 Å². The maximum atomic E-state index is 13.2. The highest BCUT2D eigenvalue weighted by molar-refractivity contribution is 8.00. The zero-order valence-electron chi connectivity index (χ0n) is 15.8. The highest BCUT2D eigenvalue weighted by Gasteiger charge is 2.28. The molecule has 0 radical (unpaired) electrons. The van der Waals surface area contributed by atoms with Crippen molar-refractivity contribution in [2.24, 2.45) is 0 Å². The number of benzene rings is 1. The highest BCUT2D eigenvalue weighted by atomic mass is 32.2. The summed E-state index contributed by atoms with van der Waals surface area (Å²) in [5.41, 5.74) is 0.989. The lowest BCUT2D eigenvalue weighted by Crippen LogP contribution is -2.34. The molecule has 0 saturated carbocycles. The summed E-state index contributed by atoms with van der Waals surface area (Å²) in [4.78, 5) is 16.2. The fourth-order valence-corrected chi connectivity index (χ4v) is 4.85. The van der Waals surface area contributed by atoms with Crippen LogP contribution in [0.4, 0.5) is 0 Å². The molecule has 0 aliphatic carbocycles. The van der Waals surface area contributed by atoms with E-state index < -0.39 is 0 Å². The van der Waals surface area contributed by atoms with E-state index >= 15 is 0 Å². The molecule has 0 aliphatic heterocycles. The van der Waals surface area contributed by atoms with Gasteiger partial charge in [0.05, 0.1) is 4.88 Å². The lowest BCUT2D eigenvalue weighted by molar-refractivity contribution is -0.130. The van der Waals surface area contributed by atoms with Crippen LogP contribution in [-0.2, 0) is 11.3 Å². The summed E-state index contributed by atoms with van der Waals surface area (Å²) in [6.07, 6.45) is 0. The molecule has 3 rings (SSSR count). The molecule has 3 aromatic rings. The predicted octanol–water partition coefficient (Wildman–Crippen LogP) is 4.73. The number of carbonyl (C=O) groups excluding carboxylic acids is 1. The van der Waals surface area contributed by atoms with Crippen molar-refractivity contribution in [2.45, 2.75) is 37.7 Å². The maximum absolute atomic E-state index is 13.2. The summed E-state index contributed by atoms with van der Waals surface area (Å²) in [5.74, 6) is 0.969. The number of likely N-dealkylation sites (N-methyl/N-ethyl adjacent to an activating group) is 1. The van der Waals surface area contributed by atoms with Crippen LogP contribution in [0, 0.1) is 0 Å². The maximum Gasteiger partial charge on any atom is 0.240 e. The van der Waals surface area contributed by atoms with Gasteiger partial charge in [-0.3, -0.25) is 4.79 Å². The van der Waals surface area contributed by atoms with E-state index in [-0.39, 0.29) is 11.2 Å². The van der Waals surface area contributed by atoms with Gasteiger partial charge >= 0.3 is 0 Å². The number of aromatic nitrogens is 3. The van der Waals surface area contributed by atoms with Crippen molar-refractivity contribution in [1.29, 1.82) is 0 Å². The predicted molar refractivity (Wildman–Crippen MR) is 112 cm³/mol. The van der Waals surface area contributed by atoms with Gasteiger partial charge in [-0.15, -0.1) is 21.5 Å². The van der Waals surface area contributed by atoms with Crippen LogP contribution in [0.5, 0.6) is 0 Å². The van der Waals surface area contributed by atoms with Crippen LogP contribution in [0.2, 0.25) is 0 Å². The minimum Gasteiger partial charge on any atom is -0.342 e. The number of nitrogens with zero attached hydrogens (tertiary/aromatic N) is 4. The van der Waals surface area contributed by atoms with Crippen LogP contribution in [-0.4, -0.2) is 38.7 Å². The lowest BCUT2D eigenvalue weighted by Gasteiger charge is -2.25. The molecule has 1 amide bonds. The molecule has 0 spiro atoms. The molecule has 5 nitrogen and oxygen atoms in total. The first-order valence-corrected chi connectivity index (χ1v) is 10.9. The van der Waals surface area contributed by atoms with Gasteiger partial charge in [0.2, 0.25) is 5.91 Å². The Morgan fingerprint density at radius 2 is 1.85 bits per heavy atom. The second-order valence-electron chi connectivity index (χ2n) is 5.95. The van der Waals surface area contributed by atoms with Crippen LogP contribution in [0.25, 0.3) is 10.7 Å². The van der Waals surface area contributed by atoms with Crippen LogP contribution in [0.1, 0.15) is 31.6 Å². The van der Waals surface area contributed by atoms with Gasteiger partial charge < -0.3 is 9.47 Å². The Hall–Kier alpha value is -2.12. The van der Waals surface area contributed by atoms with Crippen molar-refractivity contribution in [3.8, 4) is 10.7 Å². The number of carbonyl (C=O) groups is 1. The first-order valence-electron chi connectivity index (χ1n) is 9.17. The lowest BCUT2D eigenvalue weighted by atomic mass is 10.1. The summed E-state index contributed by atoms with van der Waals surface area (Å²) < 4.78 is 2.09. The molecule has 0 saturated heterocycles. The molecule has 2 heterocycles. The molecule has 7 heteroatoms. The van der Waals surface area contributed by atoms with E-state index in [2.05, 4.69) is 21.7 Å². The van der Waals surface area contributed by atoms with Gasteiger partial charge in [-0.05, 0) is 37.8 Å². The molecule has 0 N–H and O–H groups in total. The van der Waals surface area contributed by atoms with Crippen LogP contribution < -0.4 is 0 Å². The van der Waals surface area contributed by atoms with Gasteiger partial charge in [0.25, 0.3) is 0 Å². The second-order valence-corrected chi connectivity index (χ2v) is 7.97. The number of amides is 1. The van der Waals surface area contributed by atoms with E-state index in [9.17, 15) is 4.79 Å². The number of hydrogen-bond donors (Lipinski definition) is 0. The Morgan fingerprint density at radius 3 is 2.44 bits per heavy atom. The van der Waals surface area contributed by atoms with Crippen LogP contribution in [0.3, 0.4) is 0 Å². The normalized spacial score (nSPS) is 12.1. The monoisotopic (exact) mass is 400 g/mol. The topological polar surface area (TPSA) is 51.0 Å². The summed E-state index contributed by atoms with van der Waals surface area (Å²) >= 11 is 3.13. The molecule has 0 bridgehead atoms. The van der Waals surface area contributed by atoms with E-state index in [1.54, 1.807) is 11.3 Å². The Balaban J connectivity index is 1.96. The minimum atomic E-state index is -0.336. The molecular weight excluding hydrogens is 376 g/mol. The zero-order valence-corrected chi connectivity index (χ0v) is 17.5. The summed E-state index contributed by atoms with van der Waals surface area (Å²) in [6, 6.07) is 14.0. The van der Waals surface area contributed by atoms with Crippen LogP contribution in [0.15, 0.2) is 53.0 Å². The molecule has 1 aromatic carbocycles. The molecule has 1 unspecified atom stereocenters. The third-order valence-corrected chi connectivity index (χ3v) is 6.49. The third-order valence-electron chi connectivity index (χ3n) is 4.40. The Labute approximate surface area is 168 Å². The smallest absolute Gasteiger partial charge is 0.240 e. The van der Waals surface area contributed by atoms with Crippen molar-refractivity contribution in [2.75, 3.05) is 13.1 Å². The summed E-state index contributed by atoms with van der Waals surface area (Å²) in [5, 5.41) is 11.3. The quantitative estimate of drug-likeness (QED) is 0.513. The van der Waals surface area contributed by atoms with Gasteiger partial charge in [-0.25, -0.2) is 0 Å². The van der Waals surface area contributed by atoms with Gasteiger partial charge in [0.15, 0.2) is 11.0 Å². The Morgan fingerprint density at radius 1 is 1.11 bits per heavy atom. The summed E-state index contributed by atoms with van der Waals surface area (Å²) in [7, 11) is 0. The van der Waals surface area contributed by atoms with E-state index in [4.69, 9.17) is 0 Å². The SMILES string of the molecule is CCN(CC)C(=O)C(Sc1nnc(-c2cccs2)n1CC)c1ccccc1.